The molecule has 1 saturated heterocycles. The topological polar surface area (TPSA) is 50.5 Å². The number of benzene rings is 1. The fourth-order valence-corrected chi connectivity index (χ4v) is 2.94. The zero-order valence-corrected chi connectivity index (χ0v) is 12.5. The number of carbonyl (C=O) groups is 2. The summed E-state index contributed by atoms with van der Waals surface area (Å²) in [5, 5.41) is -0.307. The van der Waals surface area contributed by atoms with Crippen molar-refractivity contribution in [3.63, 3.8) is 0 Å². The Kier molecular flexibility index (Phi) is 3.50. The highest BCUT2D eigenvalue weighted by Crippen LogP contribution is 2.35. The van der Waals surface area contributed by atoms with Crippen molar-refractivity contribution in [2.24, 2.45) is 0 Å². The Hall–Kier alpha value is -1.79. The van der Waals surface area contributed by atoms with Gasteiger partial charge in [0.15, 0.2) is 4.67 Å². The van der Waals surface area contributed by atoms with E-state index in [1.165, 1.54) is 0 Å². The summed E-state index contributed by atoms with van der Waals surface area (Å²) in [4.78, 5) is 25.8. The summed E-state index contributed by atoms with van der Waals surface area (Å²) >= 11 is 4.10. The van der Waals surface area contributed by atoms with Gasteiger partial charge in [0.25, 0.3) is 11.1 Å². The van der Waals surface area contributed by atoms with Crippen LogP contribution in [0, 0.1) is 0 Å². The molecule has 0 bridgehead atoms. The number of thioether (sulfide) groups is 1. The number of amides is 2. The lowest BCUT2D eigenvalue weighted by molar-refractivity contribution is -0.113. The Labute approximate surface area is 127 Å². The number of rotatable bonds is 2. The summed E-state index contributed by atoms with van der Waals surface area (Å²) in [6, 6.07) is 12.3. The Bertz CT molecular complexity index is 708. The van der Waals surface area contributed by atoms with Gasteiger partial charge in [-0.2, -0.15) is 0 Å². The second kappa shape index (κ2) is 5.30. The smallest absolute Gasteiger partial charge is 0.298 e. The van der Waals surface area contributed by atoms with E-state index in [-0.39, 0.29) is 11.1 Å². The third kappa shape index (κ3) is 2.44. The molecular weight excluding hydrogens is 342 g/mol. The highest BCUT2D eigenvalue weighted by Gasteiger charge is 2.36. The molecule has 2 heterocycles. The lowest BCUT2D eigenvalue weighted by Crippen LogP contribution is -2.27. The highest BCUT2D eigenvalue weighted by molar-refractivity contribution is 9.10. The Morgan fingerprint density at radius 3 is 2.50 bits per heavy atom. The molecule has 1 aliphatic heterocycles. The molecule has 0 unspecified atom stereocenters. The van der Waals surface area contributed by atoms with E-state index in [1.54, 1.807) is 42.5 Å². The molecule has 1 fully saturated rings. The van der Waals surface area contributed by atoms with Crippen LogP contribution in [0.15, 0.2) is 56.5 Å². The molecule has 2 aromatic rings. The van der Waals surface area contributed by atoms with Crippen LogP contribution in [0.5, 0.6) is 0 Å². The SMILES string of the molecule is O=C1S/C(=C\c2ccc(Br)o2)C(=O)N1c1ccccc1. The summed E-state index contributed by atoms with van der Waals surface area (Å²) in [5.41, 5.74) is 0.569. The highest BCUT2D eigenvalue weighted by atomic mass is 79.9. The van der Waals surface area contributed by atoms with Gasteiger partial charge in [-0.15, -0.1) is 0 Å². The van der Waals surface area contributed by atoms with Gasteiger partial charge in [-0.1, -0.05) is 18.2 Å². The van der Waals surface area contributed by atoms with Crippen LogP contribution in [0.2, 0.25) is 0 Å². The number of imide groups is 1. The van der Waals surface area contributed by atoms with E-state index in [0.29, 0.717) is 21.0 Å². The van der Waals surface area contributed by atoms with Crippen LogP contribution in [0.25, 0.3) is 6.08 Å². The van der Waals surface area contributed by atoms with Gasteiger partial charge in [0.2, 0.25) is 0 Å². The van der Waals surface area contributed by atoms with Crippen molar-refractivity contribution in [2.45, 2.75) is 0 Å². The molecule has 0 N–H and O–H groups in total. The van der Waals surface area contributed by atoms with E-state index >= 15 is 0 Å². The standard InChI is InChI=1S/C14H8BrNO3S/c15-12-7-6-10(19-12)8-11-13(17)16(14(18)20-11)9-4-2-1-3-5-9/h1-8H/b11-8-. The Balaban J connectivity index is 1.93. The maximum absolute atomic E-state index is 12.3. The molecule has 3 rings (SSSR count). The molecule has 0 atom stereocenters. The zero-order chi connectivity index (χ0) is 14.1. The van der Waals surface area contributed by atoms with Crippen LogP contribution in [-0.4, -0.2) is 11.1 Å². The minimum absolute atomic E-state index is 0.307. The lowest BCUT2D eigenvalue weighted by Gasteiger charge is -2.11. The molecule has 6 heteroatoms. The van der Waals surface area contributed by atoms with E-state index in [0.717, 1.165) is 16.7 Å². The van der Waals surface area contributed by atoms with Crippen molar-refractivity contribution < 1.29 is 14.0 Å². The average Bonchev–Trinajstić information content (AvgIpc) is 2.96. The minimum Gasteiger partial charge on any atom is -0.450 e. The molecule has 1 aromatic heterocycles. The summed E-state index contributed by atoms with van der Waals surface area (Å²) in [5.74, 6) is 0.189. The third-order valence-corrected chi connectivity index (χ3v) is 3.97. The predicted molar refractivity (Wildman–Crippen MR) is 81.3 cm³/mol. The maximum atomic E-state index is 12.3. The molecule has 0 spiro atoms. The maximum Gasteiger partial charge on any atom is 0.298 e. The molecule has 4 nitrogen and oxygen atoms in total. The first-order valence-corrected chi connectivity index (χ1v) is 7.34. The molecule has 1 aromatic carbocycles. The molecule has 0 aliphatic carbocycles. The van der Waals surface area contributed by atoms with Gasteiger partial charge >= 0.3 is 0 Å². The van der Waals surface area contributed by atoms with E-state index in [4.69, 9.17) is 4.42 Å². The largest absolute Gasteiger partial charge is 0.450 e. The summed E-state index contributed by atoms with van der Waals surface area (Å²) in [6.45, 7) is 0. The van der Waals surface area contributed by atoms with E-state index in [9.17, 15) is 9.59 Å². The van der Waals surface area contributed by atoms with Crippen molar-refractivity contribution in [3.05, 3.63) is 57.8 Å². The number of carbonyl (C=O) groups excluding carboxylic acids is 2. The average molecular weight is 350 g/mol. The molecule has 2 amide bonds. The predicted octanol–water partition coefficient (Wildman–Crippen LogP) is 4.28. The minimum atomic E-state index is -0.335. The molecular formula is C14H8BrNO3S. The Morgan fingerprint density at radius 1 is 1.10 bits per heavy atom. The van der Waals surface area contributed by atoms with Crippen LogP contribution >= 0.6 is 27.7 Å². The van der Waals surface area contributed by atoms with E-state index in [2.05, 4.69) is 15.9 Å². The van der Waals surface area contributed by atoms with Gasteiger partial charge < -0.3 is 4.42 Å². The Morgan fingerprint density at radius 2 is 1.85 bits per heavy atom. The number of furan rings is 1. The van der Waals surface area contributed by atoms with E-state index in [1.807, 2.05) is 6.07 Å². The monoisotopic (exact) mass is 349 g/mol. The summed E-state index contributed by atoms with van der Waals surface area (Å²) in [7, 11) is 0. The van der Waals surface area contributed by atoms with Gasteiger partial charge in [-0.25, -0.2) is 4.90 Å². The lowest BCUT2D eigenvalue weighted by atomic mass is 10.3. The van der Waals surface area contributed by atoms with Crippen molar-refractivity contribution in [2.75, 3.05) is 4.90 Å². The number of halogens is 1. The van der Waals surface area contributed by atoms with Gasteiger partial charge in [-0.05, 0) is 52.0 Å². The van der Waals surface area contributed by atoms with E-state index < -0.39 is 0 Å². The molecule has 100 valence electrons. The number of hydrogen-bond acceptors (Lipinski definition) is 4. The van der Waals surface area contributed by atoms with Crippen molar-refractivity contribution in [1.82, 2.24) is 0 Å². The number of para-hydroxylation sites is 1. The zero-order valence-electron chi connectivity index (χ0n) is 10.1. The summed E-state index contributed by atoms with van der Waals surface area (Å²) < 4.78 is 5.89. The van der Waals surface area contributed by atoms with Gasteiger partial charge in [0.1, 0.15) is 5.76 Å². The fourth-order valence-electron chi connectivity index (χ4n) is 1.80. The van der Waals surface area contributed by atoms with Crippen molar-refractivity contribution in [3.8, 4) is 0 Å². The van der Waals surface area contributed by atoms with Gasteiger partial charge in [-0.3, -0.25) is 9.59 Å². The van der Waals surface area contributed by atoms with Crippen molar-refractivity contribution >= 4 is 50.6 Å². The molecule has 0 radical (unpaired) electrons. The first-order chi connectivity index (χ1) is 9.65. The van der Waals surface area contributed by atoms with Crippen LogP contribution in [0.1, 0.15) is 5.76 Å². The first-order valence-electron chi connectivity index (χ1n) is 5.73. The number of nitrogens with zero attached hydrogens (tertiary/aromatic N) is 1. The van der Waals surface area contributed by atoms with Gasteiger partial charge in [0.05, 0.1) is 10.6 Å². The fraction of sp³-hybridized carbons (Fsp3) is 0. The third-order valence-electron chi connectivity index (χ3n) is 2.68. The molecule has 0 saturated carbocycles. The van der Waals surface area contributed by atoms with Gasteiger partial charge in [0, 0.05) is 6.08 Å². The summed E-state index contributed by atoms with van der Waals surface area (Å²) in [6.07, 6.45) is 1.57. The van der Waals surface area contributed by atoms with Crippen LogP contribution in [0.3, 0.4) is 0 Å². The number of hydrogen-bond donors (Lipinski definition) is 0. The quantitative estimate of drug-likeness (QED) is 0.759. The van der Waals surface area contributed by atoms with Crippen molar-refractivity contribution in [1.29, 1.82) is 0 Å². The molecule has 20 heavy (non-hydrogen) atoms. The molecule has 1 aliphatic rings. The first kappa shape index (κ1) is 13.2. The normalized spacial score (nSPS) is 17.2. The van der Waals surface area contributed by atoms with Crippen LogP contribution in [0.4, 0.5) is 10.5 Å². The van der Waals surface area contributed by atoms with Crippen LogP contribution < -0.4 is 4.90 Å². The second-order valence-electron chi connectivity index (χ2n) is 3.99. The second-order valence-corrected chi connectivity index (χ2v) is 5.77. The number of anilines is 1. The van der Waals surface area contributed by atoms with Crippen LogP contribution in [-0.2, 0) is 4.79 Å².